The number of hydrogen-bond donors (Lipinski definition) is 1. The van der Waals surface area contributed by atoms with Crippen LogP contribution in [0.1, 0.15) is 44.1 Å². The van der Waals surface area contributed by atoms with Gasteiger partial charge in [0, 0.05) is 12.6 Å². The monoisotopic (exact) mass is 431 g/mol. The van der Waals surface area contributed by atoms with Gasteiger partial charge in [-0.05, 0) is 69.3 Å². The number of benzene rings is 1. The highest BCUT2D eigenvalue weighted by Crippen LogP contribution is 2.23. The zero-order valence-corrected chi connectivity index (χ0v) is 18.3. The molecule has 2 aliphatic heterocycles. The number of piperidine rings is 1. The first-order valence-corrected chi connectivity index (χ1v) is 10.2. The Morgan fingerprint density at radius 3 is 2.57 bits per heavy atom. The van der Waals surface area contributed by atoms with E-state index in [2.05, 4.69) is 23.1 Å². The van der Waals surface area contributed by atoms with E-state index >= 15 is 0 Å². The number of aryl methyl sites for hydroxylation is 1. The van der Waals surface area contributed by atoms with Gasteiger partial charge in [0.25, 0.3) is 0 Å². The molecular formula is C21H35Cl2N3O2. The van der Waals surface area contributed by atoms with Crippen molar-refractivity contribution in [2.45, 2.75) is 51.0 Å². The highest BCUT2D eigenvalue weighted by Gasteiger charge is 2.22. The fraction of sp³-hybridized carbons (Fsp3) is 0.667. The maximum atomic E-state index is 12.1. The van der Waals surface area contributed by atoms with Gasteiger partial charge in [-0.25, -0.2) is 0 Å². The van der Waals surface area contributed by atoms with Gasteiger partial charge in [0.2, 0.25) is 5.91 Å². The number of ether oxygens (including phenoxy) is 1. The van der Waals surface area contributed by atoms with Crippen molar-refractivity contribution in [1.29, 1.82) is 0 Å². The second kappa shape index (κ2) is 13.3. The Morgan fingerprint density at radius 2 is 1.79 bits per heavy atom. The molecule has 2 aliphatic rings. The third kappa shape index (κ3) is 7.43. The van der Waals surface area contributed by atoms with E-state index in [1.807, 2.05) is 11.0 Å². The summed E-state index contributed by atoms with van der Waals surface area (Å²) in [6.07, 6.45) is 8.48. The summed E-state index contributed by atoms with van der Waals surface area (Å²) in [7, 11) is 0. The molecule has 3 rings (SSSR count). The number of nitrogens with two attached hydrogens (primary N) is 1. The molecule has 1 aromatic rings. The first-order valence-electron chi connectivity index (χ1n) is 10.2. The number of amides is 1. The molecule has 0 saturated carbocycles. The van der Waals surface area contributed by atoms with Crippen LogP contribution in [0.3, 0.4) is 0 Å². The van der Waals surface area contributed by atoms with Crippen LogP contribution >= 0.6 is 24.8 Å². The molecule has 5 nitrogen and oxygen atoms in total. The van der Waals surface area contributed by atoms with E-state index in [4.69, 9.17) is 10.5 Å². The number of halogens is 2. The lowest BCUT2D eigenvalue weighted by molar-refractivity contribution is -0.130. The molecule has 0 spiro atoms. The normalized spacial score (nSPS) is 21.6. The lowest BCUT2D eigenvalue weighted by atomic mass is 9.95. The minimum atomic E-state index is 0. The predicted octanol–water partition coefficient (Wildman–Crippen LogP) is 3.28. The third-order valence-electron chi connectivity index (χ3n) is 5.69. The van der Waals surface area contributed by atoms with Crippen LogP contribution in [0.15, 0.2) is 24.3 Å². The second-order valence-corrected chi connectivity index (χ2v) is 7.51. The Kier molecular flexibility index (Phi) is 11.8. The molecule has 1 unspecified atom stereocenters. The lowest BCUT2D eigenvalue weighted by Crippen LogP contribution is -2.41. The number of fused-ring (bicyclic) bond motifs is 3. The van der Waals surface area contributed by atoms with Gasteiger partial charge in [-0.2, -0.15) is 0 Å². The average molecular weight is 432 g/mol. The van der Waals surface area contributed by atoms with Crippen LogP contribution in [0.25, 0.3) is 0 Å². The van der Waals surface area contributed by atoms with Gasteiger partial charge >= 0.3 is 0 Å². The van der Waals surface area contributed by atoms with Gasteiger partial charge in [-0.15, -0.1) is 24.8 Å². The molecule has 1 saturated heterocycles. The first-order chi connectivity index (χ1) is 12.8. The van der Waals surface area contributed by atoms with E-state index in [1.165, 1.54) is 37.8 Å². The van der Waals surface area contributed by atoms with E-state index < -0.39 is 0 Å². The molecular weight excluding hydrogens is 397 g/mol. The van der Waals surface area contributed by atoms with Crippen LogP contribution in [0.2, 0.25) is 0 Å². The van der Waals surface area contributed by atoms with Crippen LogP contribution < -0.4 is 10.5 Å². The molecule has 1 fully saturated rings. The summed E-state index contributed by atoms with van der Waals surface area (Å²) in [5, 5.41) is 0. The van der Waals surface area contributed by atoms with Gasteiger partial charge in [-0.1, -0.05) is 18.6 Å². The van der Waals surface area contributed by atoms with Crippen molar-refractivity contribution in [1.82, 2.24) is 9.80 Å². The SMILES string of the molecule is Cl.Cl.NCC(=O)N1CCCCN2CCCCC2CCc2cccc(c2)OCC1. The largest absolute Gasteiger partial charge is 0.492 e. The third-order valence-corrected chi connectivity index (χ3v) is 5.69. The maximum Gasteiger partial charge on any atom is 0.236 e. The molecule has 0 aromatic heterocycles. The van der Waals surface area contributed by atoms with Gasteiger partial charge in [0.1, 0.15) is 12.4 Å². The molecule has 2 heterocycles. The average Bonchev–Trinajstić information content (AvgIpc) is 2.68. The molecule has 0 radical (unpaired) electrons. The molecule has 0 aliphatic carbocycles. The predicted molar refractivity (Wildman–Crippen MR) is 119 cm³/mol. The minimum absolute atomic E-state index is 0. The van der Waals surface area contributed by atoms with E-state index in [-0.39, 0.29) is 37.3 Å². The fourth-order valence-corrected chi connectivity index (χ4v) is 4.19. The van der Waals surface area contributed by atoms with E-state index in [0.29, 0.717) is 19.2 Å². The van der Waals surface area contributed by atoms with Crippen molar-refractivity contribution in [3.8, 4) is 5.75 Å². The number of carbonyl (C=O) groups is 1. The minimum Gasteiger partial charge on any atom is -0.492 e. The van der Waals surface area contributed by atoms with Crippen molar-refractivity contribution >= 4 is 30.7 Å². The Hall–Kier alpha value is -1.01. The Morgan fingerprint density at radius 1 is 1.04 bits per heavy atom. The molecule has 1 amide bonds. The quantitative estimate of drug-likeness (QED) is 0.740. The summed E-state index contributed by atoms with van der Waals surface area (Å²) in [6, 6.07) is 9.12. The van der Waals surface area contributed by atoms with Gasteiger partial charge in [0.05, 0.1) is 13.1 Å². The Bertz CT molecular complexity index is 589. The van der Waals surface area contributed by atoms with Crippen LogP contribution in [-0.2, 0) is 11.2 Å². The number of rotatable bonds is 1. The van der Waals surface area contributed by atoms with Crippen molar-refractivity contribution in [2.24, 2.45) is 5.73 Å². The van der Waals surface area contributed by atoms with Gasteiger partial charge in [-0.3, -0.25) is 4.79 Å². The number of carbonyl (C=O) groups excluding carboxylic acids is 1. The zero-order chi connectivity index (χ0) is 18.2. The molecule has 1 atom stereocenters. The van der Waals surface area contributed by atoms with Crippen molar-refractivity contribution < 1.29 is 9.53 Å². The first kappa shape index (κ1) is 25.0. The molecule has 2 N–H and O–H groups in total. The van der Waals surface area contributed by atoms with Crippen LogP contribution in [0.4, 0.5) is 0 Å². The van der Waals surface area contributed by atoms with E-state index in [0.717, 1.165) is 38.1 Å². The molecule has 2 bridgehead atoms. The topological polar surface area (TPSA) is 58.8 Å². The summed E-state index contributed by atoms with van der Waals surface area (Å²) in [5.74, 6) is 0.917. The summed E-state index contributed by atoms with van der Waals surface area (Å²) < 4.78 is 5.91. The summed E-state index contributed by atoms with van der Waals surface area (Å²) in [4.78, 5) is 16.6. The Balaban J connectivity index is 0.00000196. The zero-order valence-electron chi connectivity index (χ0n) is 16.7. The van der Waals surface area contributed by atoms with Crippen molar-refractivity contribution in [3.63, 3.8) is 0 Å². The van der Waals surface area contributed by atoms with Crippen LogP contribution in [0.5, 0.6) is 5.75 Å². The second-order valence-electron chi connectivity index (χ2n) is 7.51. The van der Waals surface area contributed by atoms with Gasteiger partial charge < -0.3 is 20.3 Å². The summed E-state index contributed by atoms with van der Waals surface area (Å²) in [6.45, 7) is 4.34. The van der Waals surface area contributed by atoms with Crippen LogP contribution in [-0.4, -0.2) is 61.1 Å². The molecule has 28 heavy (non-hydrogen) atoms. The number of hydrogen-bond acceptors (Lipinski definition) is 4. The standard InChI is InChI=1S/C21H33N3O2.2ClH/c22-17-21(25)24-13-4-3-12-23-11-2-1-7-19(23)10-9-18-6-5-8-20(16-18)26-15-14-24;;/h5-6,8,16,19H,1-4,7,9-15,17,22H2;2*1H. The Labute approximate surface area is 181 Å². The van der Waals surface area contributed by atoms with E-state index in [1.54, 1.807) is 0 Å². The molecule has 1 aromatic carbocycles. The maximum absolute atomic E-state index is 12.1. The summed E-state index contributed by atoms with van der Waals surface area (Å²) >= 11 is 0. The van der Waals surface area contributed by atoms with Gasteiger partial charge in [0.15, 0.2) is 0 Å². The van der Waals surface area contributed by atoms with E-state index in [9.17, 15) is 4.79 Å². The van der Waals surface area contributed by atoms with Crippen molar-refractivity contribution in [3.05, 3.63) is 29.8 Å². The smallest absolute Gasteiger partial charge is 0.236 e. The fourth-order valence-electron chi connectivity index (χ4n) is 4.19. The van der Waals surface area contributed by atoms with Crippen molar-refractivity contribution in [2.75, 3.05) is 39.3 Å². The highest BCUT2D eigenvalue weighted by molar-refractivity contribution is 5.85. The molecule has 7 heteroatoms. The number of nitrogens with zero attached hydrogens (tertiary/aromatic N) is 2. The highest BCUT2D eigenvalue weighted by atomic mass is 35.5. The lowest BCUT2D eigenvalue weighted by Gasteiger charge is -2.36. The summed E-state index contributed by atoms with van der Waals surface area (Å²) in [5.41, 5.74) is 6.93. The molecule has 160 valence electrons. The van der Waals surface area contributed by atoms with Crippen LogP contribution in [0, 0.1) is 0 Å².